The van der Waals surface area contributed by atoms with Crippen LogP contribution in [0.25, 0.3) is 0 Å². The van der Waals surface area contributed by atoms with Crippen LogP contribution >= 0.6 is 0 Å². The lowest BCUT2D eigenvalue weighted by Crippen LogP contribution is -2.43. The van der Waals surface area contributed by atoms with Crippen molar-refractivity contribution in [2.45, 2.75) is 31.8 Å². The maximum absolute atomic E-state index is 12.0. The van der Waals surface area contributed by atoms with Gasteiger partial charge in [-0.05, 0) is 25.8 Å². The quantitative estimate of drug-likeness (QED) is 0.888. The predicted octanol–water partition coefficient (Wildman–Crippen LogP) is 2.23. The Balaban J connectivity index is 2.00. The second kappa shape index (κ2) is 7.14. The molecular weight excluding hydrogens is 256 g/mol. The van der Waals surface area contributed by atoms with E-state index in [4.69, 9.17) is 9.47 Å². The molecule has 0 bridgehead atoms. The van der Waals surface area contributed by atoms with Crippen LogP contribution in [0.1, 0.15) is 31.4 Å². The zero-order valence-corrected chi connectivity index (χ0v) is 12.0. The summed E-state index contributed by atoms with van der Waals surface area (Å²) in [5.41, 5.74) is 1.04. The molecule has 0 saturated carbocycles. The summed E-state index contributed by atoms with van der Waals surface area (Å²) in [6.45, 7) is 3.10. The number of para-hydroxylation sites is 1. The van der Waals surface area contributed by atoms with Gasteiger partial charge in [-0.1, -0.05) is 18.2 Å². The minimum Gasteiger partial charge on any atom is -0.493 e. The molecule has 0 aromatic heterocycles. The molecule has 1 heterocycles. The lowest BCUT2D eigenvalue weighted by atomic mass is 10.0. The SMILES string of the molecule is COC[C@@H](C)NC(=O)N[C@H]1CCCOc2ccccc21. The molecule has 0 unspecified atom stereocenters. The highest BCUT2D eigenvalue weighted by Crippen LogP contribution is 2.30. The second-order valence-electron chi connectivity index (χ2n) is 5.06. The molecule has 110 valence electrons. The minimum absolute atomic E-state index is 0.0107. The van der Waals surface area contributed by atoms with E-state index in [1.807, 2.05) is 31.2 Å². The predicted molar refractivity (Wildman–Crippen MR) is 76.9 cm³/mol. The van der Waals surface area contributed by atoms with Crippen LogP contribution in [0.5, 0.6) is 5.75 Å². The molecule has 2 amide bonds. The van der Waals surface area contributed by atoms with E-state index in [1.54, 1.807) is 7.11 Å². The van der Waals surface area contributed by atoms with Crippen LogP contribution in [-0.2, 0) is 4.74 Å². The van der Waals surface area contributed by atoms with Gasteiger partial charge in [0.25, 0.3) is 0 Å². The van der Waals surface area contributed by atoms with E-state index in [1.165, 1.54) is 0 Å². The maximum Gasteiger partial charge on any atom is 0.315 e. The lowest BCUT2D eigenvalue weighted by Gasteiger charge is -2.20. The number of urea groups is 1. The molecule has 0 aliphatic carbocycles. The summed E-state index contributed by atoms with van der Waals surface area (Å²) >= 11 is 0. The van der Waals surface area contributed by atoms with Crippen molar-refractivity contribution < 1.29 is 14.3 Å². The maximum atomic E-state index is 12.0. The van der Waals surface area contributed by atoms with Crippen LogP contribution in [0.2, 0.25) is 0 Å². The standard InChI is InChI=1S/C15H22N2O3/c1-11(10-19-2)16-15(18)17-13-7-5-9-20-14-8-4-3-6-12(13)14/h3-4,6,8,11,13H,5,7,9-10H2,1-2H3,(H2,16,17,18)/t11-,13+/m1/s1. The van der Waals surface area contributed by atoms with Crippen molar-refractivity contribution in [3.05, 3.63) is 29.8 Å². The van der Waals surface area contributed by atoms with Gasteiger partial charge in [-0.2, -0.15) is 0 Å². The Morgan fingerprint density at radius 2 is 2.30 bits per heavy atom. The Morgan fingerprint density at radius 3 is 3.10 bits per heavy atom. The number of hydrogen-bond donors (Lipinski definition) is 2. The third-order valence-corrected chi connectivity index (χ3v) is 3.29. The van der Waals surface area contributed by atoms with E-state index in [0.29, 0.717) is 13.2 Å². The number of benzene rings is 1. The summed E-state index contributed by atoms with van der Waals surface area (Å²) in [7, 11) is 1.62. The van der Waals surface area contributed by atoms with E-state index < -0.39 is 0 Å². The highest BCUT2D eigenvalue weighted by molar-refractivity contribution is 5.75. The monoisotopic (exact) mass is 278 g/mol. The summed E-state index contributed by atoms with van der Waals surface area (Å²) in [4.78, 5) is 12.0. The van der Waals surface area contributed by atoms with Crippen LogP contribution in [0.4, 0.5) is 4.79 Å². The third kappa shape index (κ3) is 3.87. The molecule has 1 aromatic rings. The zero-order chi connectivity index (χ0) is 14.4. The van der Waals surface area contributed by atoms with Gasteiger partial charge in [-0.15, -0.1) is 0 Å². The average Bonchev–Trinajstić information content (AvgIpc) is 2.62. The molecule has 1 aromatic carbocycles. The first-order chi connectivity index (χ1) is 9.70. The van der Waals surface area contributed by atoms with Gasteiger partial charge in [-0.25, -0.2) is 4.79 Å². The number of amides is 2. The van der Waals surface area contributed by atoms with Crippen molar-refractivity contribution in [1.82, 2.24) is 10.6 Å². The van der Waals surface area contributed by atoms with Gasteiger partial charge in [0.1, 0.15) is 5.75 Å². The molecule has 0 fully saturated rings. The van der Waals surface area contributed by atoms with Gasteiger partial charge in [-0.3, -0.25) is 0 Å². The van der Waals surface area contributed by atoms with Crippen molar-refractivity contribution in [3.8, 4) is 5.75 Å². The van der Waals surface area contributed by atoms with Gasteiger partial charge >= 0.3 is 6.03 Å². The molecule has 0 radical (unpaired) electrons. The lowest BCUT2D eigenvalue weighted by molar-refractivity contribution is 0.170. The summed E-state index contributed by atoms with van der Waals surface area (Å²) in [5, 5.41) is 5.88. The number of fused-ring (bicyclic) bond motifs is 1. The fraction of sp³-hybridized carbons (Fsp3) is 0.533. The van der Waals surface area contributed by atoms with Crippen molar-refractivity contribution in [3.63, 3.8) is 0 Å². The molecule has 20 heavy (non-hydrogen) atoms. The van der Waals surface area contributed by atoms with Gasteiger partial charge < -0.3 is 20.1 Å². The molecule has 1 aliphatic heterocycles. The Hall–Kier alpha value is -1.75. The smallest absolute Gasteiger partial charge is 0.315 e. The zero-order valence-electron chi connectivity index (χ0n) is 12.0. The van der Waals surface area contributed by atoms with E-state index in [9.17, 15) is 4.79 Å². The number of methoxy groups -OCH3 is 1. The Bertz CT molecular complexity index is 450. The summed E-state index contributed by atoms with van der Waals surface area (Å²) in [6, 6.07) is 7.66. The second-order valence-corrected chi connectivity index (χ2v) is 5.06. The third-order valence-electron chi connectivity index (χ3n) is 3.29. The molecule has 5 heteroatoms. The fourth-order valence-electron chi connectivity index (χ4n) is 2.39. The summed E-state index contributed by atoms with van der Waals surface area (Å²) in [6.07, 6.45) is 1.80. The van der Waals surface area contributed by atoms with Crippen LogP contribution in [-0.4, -0.2) is 32.4 Å². The van der Waals surface area contributed by atoms with Crippen molar-refractivity contribution in [2.75, 3.05) is 20.3 Å². The van der Waals surface area contributed by atoms with Gasteiger partial charge in [0, 0.05) is 12.7 Å². The van der Waals surface area contributed by atoms with Gasteiger partial charge in [0.05, 0.1) is 25.3 Å². The Kier molecular flexibility index (Phi) is 5.24. The number of hydrogen-bond acceptors (Lipinski definition) is 3. The molecule has 1 aliphatic rings. The average molecular weight is 278 g/mol. The molecule has 2 N–H and O–H groups in total. The first-order valence-electron chi connectivity index (χ1n) is 6.98. The van der Waals surface area contributed by atoms with Crippen LogP contribution < -0.4 is 15.4 Å². The van der Waals surface area contributed by atoms with E-state index >= 15 is 0 Å². The van der Waals surface area contributed by atoms with Gasteiger partial charge in [0.2, 0.25) is 0 Å². The van der Waals surface area contributed by atoms with Crippen molar-refractivity contribution in [2.24, 2.45) is 0 Å². The molecule has 0 saturated heterocycles. The summed E-state index contributed by atoms with van der Waals surface area (Å²) < 4.78 is 10.7. The first kappa shape index (κ1) is 14.7. The fourth-order valence-corrected chi connectivity index (χ4v) is 2.39. The Morgan fingerprint density at radius 1 is 1.50 bits per heavy atom. The van der Waals surface area contributed by atoms with E-state index in [2.05, 4.69) is 10.6 Å². The minimum atomic E-state index is -0.170. The topological polar surface area (TPSA) is 59.6 Å². The van der Waals surface area contributed by atoms with Crippen LogP contribution in [0, 0.1) is 0 Å². The van der Waals surface area contributed by atoms with Crippen molar-refractivity contribution in [1.29, 1.82) is 0 Å². The van der Waals surface area contributed by atoms with Crippen molar-refractivity contribution >= 4 is 6.03 Å². The number of carbonyl (C=O) groups excluding carboxylic acids is 1. The van der Waals surface area contributed by atoms with E-state index in [-0.39, 0.29) is 18.1 Å². The van der Waals surface area contributed by atoms with Crippen LogP contribution in [0.15, 0.2) is 24.3 Å². The molecule has 2 rings (SSSR count). The summed E-state index contributed by atoms with van der Waals surface area (Å²) in [5.74, 6) is 0.861. The number of ether oxygens (including phenoxy) is 2. The number of nitrogens with one attached hydrogen (secondary N) is 2. The normalized spacial score (nSPS) is 19.2. The largest absolute Gasteiger partial charge is 0.493 e. The van der Waals surface area contributed by atoms with E-state index in [0.717, 1.165) is 24.2 Å². The number of carbonyl (C=O) groups is 1. The molecule has 0 spiro atoms. The molecule has 2 atom stereocenters. The molecular formula is C15H22N2O3. The Labute approximate surface area is 119 Å². The highest BCUT2D eigenvalue weighted by atomic mass is 16.5. The first-order valence-corrected chi connectivity index (χ1v) is 6.98. The molecule has 5 nitrogen and oxygen atoms in total. The number of rotatable bonds is 4. The highest BCUT2D eigenvalue weighted by Gasteiger charge is 2.21. The van der Waals surface area contributed by atoms with Crippen LogP contribution in [0.3, 0.4) is 0 Å². The van der Waals surface area contributed by atoms with Gasteiger partial charge in [0.15, 0.2) is 0 Å².